The van der Waals surface area contributed by atoms with Crippen LogP contribution in [0, 0.1) is 11.7 Å². The van der Waals surface area contributed by atoms with Gasteiger partial charge in [-0.25, -0.2) is 4.39 Å². The first-order valence-corrected chi connectivity index (χ1v) is 6.16. The Kier molecular flexibility index (Phi) is 3.59. The van der Waals surface area contributed by atoms with Crippen LogP contribution >= 0.6 is 0 Å². The minimum Gasteiger partial charge on any atom is -0.310 e. The first kappa shape index (κ1) is 11.6. The van der Waals surface area contributed by atoms with Crippen molar-refractivity contribution < 1.29 is 4.39 Å². The fourth-order valence-corrected chi connectivity index (χ4v) is 1.88. The van der Waals surface area contributed by atoms with Gasteiger partial charge in [0.2, 0.25) is 0 Å². The molecule has 1 nitrogen and oxygen atoms in total. The standard InChI is InChI=1S/C14H20FN/c1-10(2)7-12-8-11(3-6-14(12)15)9-16-13-4-5-13/h3,6,8,10,13,16H,4-5,7,9H2,1-2H3. The molecule has 0 aliphatic heterocycles. The molecule has 1 saturated carbocycles. The summed E-state index contributed by atoms with van der Waals surface area (Å²) in [5.74, 6) is 0.435. The quantitative estimate of drug-likeness (QED) is 0.804. The Balaban J connectivity index is 2.01. The van der Waals surface area contributed by atoms with Gasteiger partial charge >= 0.3 is 0 Å². The van der Waals surface area contributed by atoms with Crippen LogP contribution in [0.2, 0.25) is 0 Å². The molecule has 1 N–H and O–H groups in total. The lowest BCUT2D eigenvalue weighted by Crippen LogP contribution is -2.15. The lowest BCUT2D eigenvalue weighted by molar-refractivity contribution is 0.571. The molecule has 16 heavy (non-hydrogen) atoms. The summed E-state index contributed by atoms with van der Waals surface area (Å²) in [7, 11) is 0. The summed E-state index contributed by atoms with van der Waals surface area (Å²) in [4.78, 5) is 0. The Morgan fingerprint density at radius 1 is 1.38 bits per heavy atom. The molecule has 0 amide bonds. The van der Waals surface area contributed by atoms with Crippen molar-refractivity contribution in [2.45, 2.75) is 45.7 Å². The Labute approximate surface area is 97.1 Å². The SMILES string of the molecule is CC(C)Cc1cc(CNC2CC2)ccc1F. The van der Waals surface area contributed by atoms with Crippen molar-refractivity contribution in [2.24, 2.45) is 5.92 Å². The van der Waals surface area contributed by atoms with E-state index < -0.39 is 0 Å². The minimum atomic E-state index is -0.0659. The van der Waals surface area contributed by atoms with E-state index in [1.54, 1.807) is 6.07 Å². The lowest BCUT2D eigenvalue weighted by atomic mass is 10.0. The van der Waals surface area contributed by atoms with Crippen molar-refractivity contribution in [2.75, 3.05) is 0 Å². The van der Waals surface area contributed by atoms with E-state index in [-0.39, 0.29) is 5.82 Å². The maximum absolute atomic E-state index is 13.5. The van der Waals surface area contributed by atoms with Crippen LogP contribution in [0.4, 0.5) is 4.39 Å². The highest BCUT2D eigenvalue weighted by Gasteiger charge is 2.20. The molecule has 2 rings (SSSR count). The number of rotatable bonds is 5. The maximum Gasteiger partial charge on any atom is 0.126 e. The summed E-state index contributed by atoms with van der Waals surface area (Å²) in [6, 6.07) is 6.19. The number of benzene rings is 1. The minimum absolute atomic E-state index is 0.0659. The van der Waals surface area contributed by atoms with E-state index in [2.05, 4.69) is 19.2 Å². The van der Waals surface area contributed by atoms with Crippen molar-refractivity contribution in [3.05, 3.63) is 35.1 Å². The largest absolute Gasteiger partial charge is 0.310 e. The smallest absolute Gasteiger partial charge is 0.126 e. The van der Waals surface area contributed by atoms with Crippen LogP contribution < -0.4 is 5.32 Å². The van der Waals surface area contributed by atoms with Gasteiger partial charge in [0.05, 0.1) is 0 Å². The Hall–Kier alpha value is -0.890. The predicted octanol–water partition coefficient (Wildman–Crippen LogP) is 3.28. The highest BCUT2D eigenvalue weighted by atomic mass is 19.1. The van der Waals surface area contributed by atoms with Gasteiger partial charge in [-0.1, -0.05) is 26.0 Å². The van der Waals surface area contributed by atoms with E-state index >= 15 is 0 Å². The van der Waals surface area contributed by atoms with Gasteiger partial charge in [-0.15, -0.1) is 0 Å². The zero-order valence-electron chi connectivity index (χ0n) is 10.1. The maximum atomic E-state index is 13.5. The van der Waals surface area contributed by atoms with E-state index in [0.29, 0.717) is 12.0 Å². The molecule has 1 aromatic carbocycles. The van der Waals surface area contributed by atoms with Gasteiger partial charge in [0.15, 0.2) is 0 Å². The third kappa shape index (κ3) is 3.31. The van der Waals surface area contributed by atoms with Crippen LogP contribution in [-0.2, 0) is 13.0 Å². The van der Waals surface area contributed by atoms with Gasteiger partial charge in [-0.2, -0.15) is 0 Å². The van der Waals surface area contributed by atoms with Crippen molar-refractivity contribution >= 4 is 0 Å². The number of halogens is 1. The monoisotopic (exact) mass is 221 g/mol. The highest BCUT2D eigenvalue weighted by Crippen LogP contribution is 2.20. The molecular formula is C14H20FN. The van der Waals surface area contributed by atoms with E-state index in [1.807, 2.05) is 12.1 Å². The molecule has 0 spiro atoms. The summed E-state index contributed by atoms with van der Waals surface area (Å²) in [6.45, 7) is 5.11. The first-order chi connectivity index (χ1) is 7.65. The second kappa shape index (κ2) is 4.96. The summed E-state index contributed by atoms with van der Waals surface area (Å²) in [5, 5.41) is 3.45. The molecule has 0 radical (unpaired) electrons. The van der Waals surface area contributed by atoms with Gasteiger partial charge < -0.3 is 5.32 Å². The number of hydrogen-bond acceptors (Lipinski definition) is 1. The van der Waals surface area contributed by atoms with Crippen molar-refractivity contribution in [1.29, 1.82) is 0 Å². The van der Waals surface area contributed by atoms with Crippen molar-refractivity contribution in [1.82, 2.24) is 5.32 Å². The average Bonchev–Trinajstić information content (AvgIpc) is 3.02. The van der Waals surface area contributed by atoms with Crippen molar-refractivity contribution in [3.63, 3.8) is 0 Å². The Morgan fingerprint density at radius 2 is 2.12 bits per heavy atom. The van der Waals surface area contributed by atoms with E-state index in [1.165, 1.54) is 18.4 Å². The zero-order chi connectivity index (χ0) is 11.5. The molecule has 0 aromatic heterocycles. The second-order valence-corrected chi connectivity index (χ2v) is 5.18. The second-order valence-electron chi connectivity index (χ2n) is 5.18. The van der Waals surface area contributed by atoms with Crippen molar-refractivity contribution in [3.8, 4) is 0 Å². The summed E-state index contributed by atoms with van der Waals surface area (Å²) < 4.78 is 13.5. The van der Waals surface area contributed by atoms with E-state index in [9.17, 15) is 4.39 Å². The van der Waals surface area contributed by atoms with Gasteiger partial charge in [0.1, 0.15) is 5.82 Å². The zero-order valence-corrected chi connectivity index (χ0v) is 10.1. The molecule has 1 aliphatic rings. The van der Waals surface area contributed by atoms with Crippen LogP contribution in [0.1, 0.15) is 37.8 Å². The fraction of sp³-hybridized carbons (Fsp3) is 0.571. The average molecular weight is 221 g/mol. The van der Waals surface area contributed by atoms with E-state index in [4.69, 9.17) is 0 Å². The van der Waals surface area contributed by atoms with Gasteiger partial charge in [0.25, 0.3) is 0 Å². The summed E-state index contributed by atoms with van der Waals surface area (Å²) in [5.41, 5.74) is 2.05. The molecule has 0 unspecified atom stereocenters. The molecule has 1 fully saturated rings. The molecule has 88 valence electrons. The normalized spacial score (nSPS) is 15.8. The first-order valence-electron chi connectivity index (χ1n) is 6.16. The van der Waals surface area contributed by atoms with Crippen LogP contribution in [-0.4, -0.2) is 6.04 Å². The van der Waals surface area contributed by atoms with Gasteiger partial charge in [0, 0.05) is 12.6 Å². The van der Waals surface area contributed by atoms with Gasteiger partial charge in [-0.05, 0) is 42.4 Å². The lowest BCUT2D eigenvalue weighted by Gasteiger charge is -2.09. The molecular weight excluding hydrogens is 201 g/mol. The third-order valence-corrected chi connectivity index (χ3v) is 2.91. The molecule has 0 heterocycles. The molecule has 0 atom stereocenters. The number of nitrogens with one attached hydrogen (secondary N) is 1. The topological polar surface area (TPSA) is 12.0 Å². The van der Waals surface area contributed by atoms with Gasteiger partial charge in [-0.3, -0.25) is 0 Å². The Bertz CT molecular complexity index is 356. The molecule has 1 aliphatic carbocycles. The Morgan fingerprint density at radius 3 is 2.75 bits per heavy atom. The van der Waals surface area contributed by atoms with Crippen LogP contribution in [0.5, 0.6) is 0 Å². The van der Waals surface area contributed by atoms with Crippen LogP contribution in [0.15, 0.2) is 18.2 Å². The highest BCUT2D eigenvalue weighted by molar-refractivity contribution is 5.25. The number of hydrogen-bond donors (Lipinski definition) is 1. The van der Waals surface area contributed by atoms with E-state index in [0.717, 1.165) is 18.5 Å². The molecule has 1 aromatic rings. The van der Waals surface area contributed by atoms with Crippen LogP contribution in [0.25, 0.3) is 0 Å². The molecule has 2 heteroatoms. The fourth-order valence-electron chi connectivity index (χ4n) is 1.88. The summed E-state index contributed by atoms with van der Waals surface area (Å²) >= 11 is 0. The predicted molar refractivity (Wildman–Crippen MR) is 64.8 cm³/mol. The molecule has 0 saturated heterocycles. The molecule has 0 bridgehead atoms. The van der Waals surface area contributed by atoms with Crippen LogP contribution in [0.3, 0.4) is 0 Å². The summed E-state index contributed by atoms with van der Waals surface area (Å²) in [6.07, 6.45) is 3.41. The third-order valence-electron chi connectivity index (χ3n) is 2.91.